The highest BCUT2D eigenvalue weighted by Crippen LogP contribution is 2.30. The maximum absolute atomic E-state index is 12.7. The predicted octanol–water partition coefficient (Wildman–Crippen LogP) is 1.86. The van der Waals surface area contributed by atoms with E-state index in [1.54, 1.807) is 0 Å². The van der Waals surface area contributed by atoms with E-state index in [4.69, 9.17) is 0 Å². The Bertz CT molecular complexity index is 585. The molecule has 5 nitrogen and oxygen atoms in total. The van der Waals surface area contributed by atoms with Gasteiger partial charge in [0.05, 0.1) is 25.2 Å². The van der Waals surface area contributed by atoms with Crippen LogP contribution in [0.5, 0.6) is 0 Å². The second kappa shape index (κ2) is 10.8. The van der Waals surface area contributed by atoms with E-state index in [-0.39, 0.29) is 5.69 Å². The lowest BCUT2D eigenvalue weighted by Gasteiger charge is -2.18. The molecule has 0 heterocycles. The lowest BCUT2D eigenvalue weighted by Crippen LogP contribution is -3.12. The molecule has 0 aliphatic carbocycles. The highest BCUT2D eigenvalue weighted by Gasteiger charge is 2.30. The molecule has 0 aliphatic rings. The molecular formula is C18H27F3N3O2+. The summed E-state index contributed by atoms with van der Waals surface area (Å²) in [6.07, 6.45) is -1.60. The van der Waals surface area contributed by atoms with E-state index in [0.29, 0.717) is 6.54 Å². The van der Waals surface area contributed by atoms with E-state index in [1.165, 1.54) is 17.0 Å². The van der Waals surface area contributed by atoms with E-state index in [9.17, 15) is 22.8 Å². The minimum Gasteiger partial charge on any atom is -0.348 e. The lowest BCUT2D eigenvalue weighted by molar-refractivity contribution is -0.900. The summed E-state index contributed by atoms with van der Waals surface area (Å²) < 4.78 is 38.0. The number of halogens is 3. The molecule has 0 saturated heterocycles. The molecule has 1 aromatic rings. The zero-order valence-corrected chi connectivity index (χ0v) is 15.2. The van der Waals surface area contributed by atoms with Gasteiger partial charge in [-0.3, -0.25) is 9.59 Å². The first kappa shape index (κ1) is 22.0. The van der Waals surface area contributed by atoms with Gasteiger partial charge < -0.3 is 15.5 Å². The summed E-state index contributed by atoms with van der Waals surface area (Å²) in [6.45, 7) is 7.63. The summed E-state index contributed by atoms with van der Waals surface area (Å²) in [6, 6.07) is 4.17. The van der Waals surface area contributed by atoms with Gasteiger partial charge in [0.25, 0.3) is 0 Å². The van der Waals surface area contributed by atoms with Crippen LogP contribution in [0.2, 0.25) is 0 Å². The van der Waals surface area contributed by atoms with Crippen molar-refractivity contribution >= 4 is 17.5 Å². The Morgan fingerprint density at radius 2 is 1.69 bits per heavy atom. The van der Waals surface area contributed by atoms with Crippen LogP contribution in [0.1, 0.15) is 38.7 Å². The quantitative estimate of drug-likeness (QED) is 0.456. The van der Waals surface area contributed by atoms with Crippen molar-refractivity contribution in [2.75, 3.05) is 31.5 Å². The van der Waals surface area contributed by atoms with E-state index >= 15 is 0 Å². The average molecular weight is 374 g/mol. The maximum Gasteiger partial charge on any atom is 0.416 e. The van der Waals surface area contributed by atoms with Crippen LogP contribution >= 0.6 is 0 Å². The maximum atomic E-state index is 12.7. The van der Waals surface area contributed by atoms with Gasteiger partial charge in [-0.25, -0.2) is 0 Å². The molecule has 0 spiro atoms. The Morgan fingerprint density at radius 3 is 2.27 bits per heavy atom. The molecular weight excluding hydrogens is 347 g/mol. The molecule has 146 valence electrons. The highest BCUT2D eigenvalue weighted by molar-refractivity contribution is 6.39. The Labute approximate surface area is 151 Å². The van der Waals surface area contributed by atoms with E-state index in [1.807, 2.05) is 0 Å². The number of carbonyl (C=O) groups excluding carboxylic acids is 2. The molecule has 0 aromatic heterocycles. The van der Waals surface area contributed by atoms with Crippen LogP contribution in [0.4, 0.5) is 18.9 Å². The van der Waals surface area contributed by atoms with Crippen LogP contribution < -0.4 is 15.5 Å². The summed E-state index contributed by atoms with van der Waals surface area (Å²) in [5.41, 5.74) is -0.952. The Balaban J connectivity index is 2.43. The average Bonchev–Trinajstić information content (AvgIpc) is 2.58. The SMILES string of the molecule is CCC[NH+](CCC)CCCNC(=O)C(=O)Nc1cccc(C(F)(F)F)c1. The zero-order chi connectivity index (χ0) is 19.6. The number of anilines is 1. The van der Waals surface area contributed by atoms with E-state index < -0.39 is 23.6 Å². The van der Waals surface area contributed by atoms with Gasteiger partial charge in [-0.15, -0.1) is 0 Å². The van der Waals surface area contributed by atoms with Crippen molar-refractivity contribution < 1.29 is 27.7 Å². The predicted molar refractivity (Wildman–Crippen MR) is 93.8 cm³/mol. The third-order valence-electron chi connectivity index (χ3n) is 3.85. The van der Waals surface area contributed by atoms with Crippen LogP contribution in [0.3, 0.4) is 0 Å². The standard InChI is InChI=1S/C18H26F3N3O2/c1-3-10-24(11-4-2)12-6-9-22-16(25)17(26)23-15-8-5-7-14(13-15)18(19,20)21/h5,7-8,13H,3-4,6,9-12H2,1-2H3,(H,22,25)(H,23,26)/p+1. The second-order valence-electron chi connectivity index (χ2n) is 6.14. The second-order valence-corrected chi connectivity index (χ2v) is 6.14. The van der Waals surface area contributed by atoms with Crippen molar-refractivity contribution in [2.24, 2.45) is 0 Å². The fourth-order valence-electron chi connectivity index (χ4n) is 2.66. The summed E-state index contributed by atoms with van der Waals surface area (Å²) in [4.78, 5) is 25.0. The van der Waals surface area contributed by atoms with Gasteiger partial charge in [0.1, 0.15) is 0 Å². The number of benzene rings is 1. The number of alkyl halides is 3. The number of rotatable bonds is 9. The molecule has 0 saturated carbocycles. The smallest absolute Gasteiger partial charge is 0.348 e. The number of carbonyl (C=O) groups is 2. The molecule has 1 aromatic carbocycles. The van der Waals surface area contributed by atoms with E-state index in [2.05, 4.69) is 24.5 Å². The van der Waals surface area contributed by atoms with Crippen molar-refractivity contribution in [3.63, 3.8) is 0 Å². The van der Waals surface area contributed by atoms with Crippen molar-refractivity contribution in [3.8, 4) is 0 Å². The monoisotopic (exact) mass is 374 g/mol. The molecule has 26 heavy (non-hydrogen) atoms. The molecule has 0 atom stereocenters. The van der Waals surface area contributed by atoms with Gasteiger partial charge in [-0.2, -0.15) is 13.2 Å². The number of amides is 2. The molecule has 2 amide bonds. The van der Waals surface area contributed by atoms with Crippen molar-refractivity contribution in [1.82, 2.24) is 5.32 Å². The molecule has 3 N–H and O–H groups in total. The summed E-state index contributed by atoms with van der Waals surface area (Å²) >= 11 is 0. The number of hydrogen-bond acceptors (Lipinski definition) is 2. The highest BCUT2D eigenvalue weighted by atomic mass is 19.4. The third-order valence-corrected chi connectivity index (χ3v) is 3.85. The third kappa shape index (κ3) is 7.86. The van der Waals surface area contributed by atoms with Crippen LogP contribution in [0.15, 0.2) is 24.3 Å². The zero-order valence-electron chi connectivity index (χ0n) is 15.2. The van der Waals surface area contributed by atoms with Gasteiger partial charge in [-0.05, 0) is 31.0 Å². The molecule has 0 bridgehead atoms. The van der Waals surface area contributed by atoms with Gasteiger partial charge in [0.2, 0.25) is 0 Å². The van der Waals surface area contributed by atoms with Crippen molar-refractivity contribution in [1.29, 1.82) is 0 Å². The van der Waals surface area contributed by atoms with E-state index in [0.717, 1.165) is 51.0 Å². The first-order valence-electron chi connectivity index (χ1n) is 8.87. The molecule has 0 radical (unpaired) electrons. The largest absolute Gasteiger partial charge is 0.416 e. The van der Waals surface area contributed by atoms with Gasteiger partial charge in [-0.1, -0.05) is 19.9 Å². The van der Waals surface area contributed by atoms with Crippen molar-refractivity contribution in [2.45, 2.75) is 39.3 Å². The Kier molecular flexibility index (Phi) is 9.12. The number of hydrogen-bond donors (Lipinski definition) is 3. The molecule has 1 rings (SSSR count). The number of quaternary nitrogens is 1. The van der Waals surface area contributed by atoms with Crippen LogP contribution in [-0.2, 0) is 15.8 Å². The Morgan fingerprint density at radius 1 is 1.04 bits per heavy atom. The normalized spacial score (nSPS) is 11.5. The minimum atomic E-state index is -4.51. The fourth-order valence-corrected chi connectivity index (χ4v) is 2.66. The molecule has 0 unspecified atom stereocenters. The van der Waals surface area contributed by atoms with Crippen LogP contribution in [-0.4, -0.2) is 38.0 Å². The van der Waals surface area contributed by atoms with Crippen LogP contribution in [0, 0.1) is 0 Å². The first-order valence-corrected chi connectivity index (χ1v) is 8.87. The van der Waals surface area contributed by atoms with Gasteiger partial charge >= 0.3 is 18.0 Å². The lowest BCUT2D eigenvalue weighted by atomic mass is 10.2. The summed E-state index contributed by atoms with van der Waals surface area (Å²) in [5.74, 6) is -1.83. The number of nitrogens with one attached hydrogen (secondary N) is 3. The Hall–Kier alpha value is -2.09. The van der Waals surface area contributed by atoms with Crippen molar-refractivity contribution in [3.05, 3.63) is 29.8 Å². The topological polar surface area (TPSA) is 62.6 Å². The molecule has 0 aliphatic heterocycles. The van der Waals surface area contributed by atoms with Gasteiger partial charge in [0.15, 0.2) is 0 Å². The fraction of sp³-hybridized carbons (Fsp3) is 0.556. The first-order chi connectivity index (χ1) is 12.3. The van der Waals surface area contributed by atoms with Gasteiger partial charge in [0, 0.05) is 18.7 Å². The summed E-state index contributed by atoms with van der Waals surface area (Å²) in [5, 5.41) is 4.69. The summed E-state index contributed by atoms with van der Waals surface area (Å²) in [7, 11) is 0. The minimum absolute atomic E-state index is 0.0681. The molecule has 8 heteroatoms. The molecule has 0 fully saturated rings. The van der Waals surface area contributed by atoms with Crippen LogP contribution in [0.25, 0.3) is 0 Å².